The first-order chi connectivity index (χ1) is 24.6. The molecule has 0 saturated carbocycles. The van der Waals surface area contributed by atoms with E-state index in [1.807, 2.05) is 0 Å². The summed E-state index contributed by atoms with van der Waals surface area (Å²) in [6.07, 6.45) is -2.04. The van der Waals surface area contributed by atoms with E-state index in [0.717, 1.165) is 20.9 Å². The third-order valence-corrected chi connectivity index (χ3v) is 9.18. The number of hydrogen-bond acceptors (Lipinski definition) is 12. The van der Waals surface area contributed by atoms with Crippen LogP contribution >= 0.6 is 0 Å². The summed E-state index contributed by atoms with van der Waals surface area (Å²) in [6, 6.07) is 25.0. The van der Waals surface area contributed by atoms with Gasteiger partial charge in [0.05, 0.1) is 32.3 Å². The molecule has 4 aliphatic rings. The molecule has 4 aliphatic heterocycles. The zero-order valence-corrected chi connectivity index (χ0v) is 26.0. The van der Waals surface area contributed by atoms with E-state index < -0.39 is 57.5 Å². The number of anilines is 2. The Labute approximate surface area is 286 Å². The lowest BCUT2D eigenvalue weighted by Crippen LogP contribution is -2.33. The average molecular weight is 687 g/mol. The molecule has 252 valence electrons. The Hall–Kier alpha value is -7.10. The van der Waals surface area contributed by atoms with Crippen LogP contribution in [-0.2, 0) is 35.3 Å². The molecule has 16 heteroatoms. The summed E-state index contributed by atoms with van der Waals surface area (Å²) in [5.74, 6) is -4.74. The molecule has 4 aromatic rings. The van der Waals surface area contributed by atoms with Gasteiger partial charge in [-0.1, -0.05) is 58.8 Å². The molecular formula is C35H22N6O10. The first-order valence-corrected chi connectivity index (χ1v) is 15.5. The van der Waals surface area contributed by atoms with Crippen molar-refractivity contribution >= 4 is 57.8 Å². The molecule has 0 bridgehead atoms. The highest BCUT2D eigenvalue weighted by Crippen LogP contribution is 2.39. The smallest absolute Gasteiger partial charge is 0.278 e. The van der Waals surface area contributed by atoms with E-state index in [-0.39, 0.29) is 33.9 Å². The Balaban J connectivity index is 0.960. The number of imide groups is 2. The van der Waals surface area contributed by atoms with Gasteiger partial charge in [-0.2, -0.15) is 0 Å². The summed E-state index contributed by atoms with van der Waals surface area (Å²) in [5.41, 5.74) is 1.98. The summed E-state index contributed by atoms with van der Waals surface area (Å²) in [4.78, 5) is 88.1. The maximum absolute atomic E-state index is 13.5. The van der Waals surface area contributed by atoms with Crippen molar-refractivity contribution in [3.63, 3.8) is 0 Å². The van der Waals surface area contributed by atoms with Crippen molar-refractivity contribution in [3.8, 4) is 0 Å². The van der Waals surface area contributed by atoms with Crippen LogP contribution in [0.5, 0.6) is 0 Å². The van der Waals surface area contributed by atoms with Crippen LogP contribution < -0.4 is 9.80 Å². The van der Waals surface area contributed by atoms with Gasteiger partial charge in [0.25, 0.3) is 23.2 Å². The molecule has 4 amide bonds. The van der Waals surface area contributed by atoms with Crippen LogP contribution in [0.25, 0.3) is 0 Å². The van der Waals surface area contributed by atoms with E-state index in [0.29, 0.717) is 17.8 Å². The standard InChI is InChI=1S/C35H22N6O10/c42-32-26-28(22-5-1-3-7-24(22)40(46)47)36-50-30(26)34(44)38(32)20-13-9-18(10-14-20)17-19-11-15-21(16-12-19)39-33(43)27-29(37-51-31(27)35(39)45)23-6-2-4-8-25(23)41(48)49/h1-16,26-27,30-31H,17H2. The highest BCUT2D eigenvalue weighted by molar-refractivity contribution is 6.34. The van der Waals surface area contributed by atoms with Crippen molar-refractivity contribution < 1.29 is 38.7 Å². The number of carbonyl (C=O) groups is 4. The normalized spacial score (nSPS) is 22.0. The minimum atomic E-state index is -1.23. The monoisotopic (exact) mass is 686 g/mol. The fraction of sp³-hybridized carbons (Fsp3) is 0.143. The topological polar surface area (TPSA) is 204 Å². The van der Waals surface area contributed by atoms with Gasteiger partial charge in [0.2, 0.25) is 24.0 Å². The number of hydrogen-bond donors (Lipinski definition) is 0. The zero-order valence-electron chi connectivity index (χ0n) is 26.0. The molecule has 4 atom stereocenters. The van der Waals surface area contributed by atoms with Gasteiger partial charge in [-0.05, 0) is 53.9 Å². The van der Waals surface area contributed by atoms with Gasteiger partial charge in [0, 0.05) is 12.1 Å². The molecule has 2 fully saturated rings. The minimum Gasteiger partial charge on any atom is -0.381 e. The van der Waals surface area contributed by atoms with Gasteiger partial charge in [-0.3, -0.25) is 39.4 Å². The van der Waals surface area contributed by atoms with Crippen LogP contribution in [0, 0.1) is 32.1 Å². The second kappa shape index (κ2) is 11.8. The van der Waals surface area contributed by atoms with Crippen molar-refractivity contribution in [1.82, 2.24) is 0 Å². The van der Waals surface area contributed by atoms with Gasteiger partial charge >= 0.3 is 0 Å². The van der Waals surface area contributed by atoms with Crippen molar-refractivity contribution in [3.05, 3.63) is 140 Å². The first-order valence-electron chi connectivity index (χ1n) is 15.5. The van der Waals surface area contributed by atoms with Gasteiger partial charge in [-0.15, -0.1) is 0 Å². The Morgan fingerprint density at radius 2 is 0.922 bits per heavy atom. The van der Waals surface area contributed by atoms with E-state index in [9.17, 15) is 39.4 Å². The second-order valence-electron chi connectivity index (χ2n) is 12.0. The fourth-order valence-corrected chi connectivity index (χ4v) is 6.77. The Morgan fingerprint density at radius 3 is 1.29 bits per heavy atom. The van der Waals surface area contributed by atoms with Crippen LogP contribution in [0.4, 0.5) is 22.7 Å². The van der Waals surface area contributed by atoms with Gasteiger partial charge < -0.3 is 9.68 Å². The summed E-state index contributed by atoms with van der Waals surface area (Å²) >= 11 is 0. The molecule has 4 unspecified atom stereocenters. The number of carbonyl (C=O) groups excluding carboxylic acids is 4. The summed E-state index contributed by atoms with van der Waals surface area (Å²) < 4.78 is 0. The summed E-state index contributed by atoms with van der Waals surface area (Å²) in [6.45, 7) is 0. The fourth-order valence-electron chi connectivity index (χ4n) is 6.77. The minimum absolute atomic E-state index is 0.0232. The lowest BCUT2D eigenvalue weighted by Gasteiger charge is -2.17. The maximum Gasteiger partial charge on any atom is 0.278 e. The van der Waals surface area contributed by atoms with E-state index in [1.165, 1.54) is 36.4 Å². The van der Waals surface area contributed by atoms with Gasteiger partial charge in [-0.25, -0.2) is 9.80 Å². The molecular weight excluding hydrogens is 664 g/mol. The van der Waals surface area contributed by atoms with E-state index in [1.54, 1.807) is 60.7 Å². The molecule has 51 heavy (non-hydrogen) atoms. The number of fused-ring (bicyclic) bond motifs is 2. The number of amides is 4. The van der Waals surface area contributed by atoms with Crippen LogP contribution in [0.2, 0.25) is 0 Å². The Bertz CT molecular complexity index is 2110. The largest absolute Gasteiger partial charge is 0.381 e. The number of benzene rings is 4. The molecule has 0 N–H and O–H groups in total. The third kappa shape index (κ3) is 4.91. The van der Waals surface area contributed by atoms with Crippen molar-refractivity contribution in [2.75, 3.05) is 9.80 Å². The number of nitro groups is 2. The summed E-state index contributed by atoms with van der Waals surface area (Å²) in [7, 11) is 0. The molecule has 4 aromatic carbocycles. The molecule has 0 spiro atoms. The number of oxime groups is 2. The second-order valence-corrected chi connectivity index (χ2v) is 12.0. The van der Waals surface area contributed by atoms with E-state index in [2.05, 4.69) is 10.3 Å². The molecule has 4 heterocycles. The van der Waals surface area contributed by atoms with Gasteiger partial charge in [0.15, 0.2) is 0 Å². The van der Waals surface area contributed by atoms with Crippen molar-refractivity contribution in [2.45, 2.75) is 18.6 Å². The average Bonchev–Trinajstić information content (AvgIpc) is 3.88. The third-order valence-electron chi connectivity index (χ3n) is 9.18. The molecule has 8 rings (SSSR count). The predicted molar refractivity (Wildman–Crippen MR) is 177 cm³/mol. The van der Waals surface area contributed by atoms with Crippen LogP contribution in [-0.4, -0.2) is 57.1 Å². The molecule has 0 radical (unpaired) electrons. The number of rotatable bonds is 8. The Morgan fingerprint density at radius 1 is 0.549 bits per heavy atom. The summed E-state index contributed by atoms with van der Waals surface area (Å²) in [5, 5.41) is 30.9. The predicted octanol–water partition coefficient (Wildman–Crippen LogP) is 3.68. The molecule has 0 aromatic heterocycles. The SMILES string of the molecule is O=C1C2ON=C(c3ccccc3[N+](=O)[O-])C2C(=O)N1c1ccc(Cc2ccc(N3C(=O)C4ON=C(c5ccccc5[N+](=O)[O-])C4C3=O)cc2)cc1. The van der Waals surface area contributed by atoms with Crippen LogP contribution in [0.1, 0.15) is 22.3 Å². The lowest BCUT2D eigenvalue weighted by molar-refractivity contribution is -0.385. The van der Waals surface area contributed by atoms with Crippen molar-refractivity contribution in [2.24, 2.45) is 22.1 Å². The van der Waals surface area contributed by atoms with Crippen molar-refractivity contribution in [1.29, 1.82) is 0 Å². The first kappa shape index (κ1) is 31.2. The lowest BCUT2D eigenvalue weighted by atomic mass is 9.93. The van der Waals surface area contributed by atoms with Crippen LogP contribution in [0.3, 0.4) is 0 Å². The number of nitrogens with zero attached hydrogens (tertiary/aromatic N) is 6. The van der Waals surface area contributed by atoms with Crippen LogP contribution in [0.15, 0.2) is 107 Å². The zero-order chi connectivity index (χ0) is 35.6. The number of para-hydroxylation sites is 2. The Kier molecular flexibility index (Phi) is 7.21. The maximum atomic E-state index is 13.5. The number of nitro benzene ring substituents is 2. The molecule has 2 saturated heterocycles. The quantitative estimate of drug-likeness (QED) is 0.149. The van der Waals surface area contributed by atoms with E-state index >= 15 is 0 Å². The molecule has 16 nitrogen and oxygen atoms in total. The highest BCUT2D eigenvalue weighted by Gasteiger charge is 2.58. The van der Waals surface area contributed by atoms with E-state index in [4.69, 9.17) is 9.68 Å². The highest BCUT2D eigenvalue weighted by atomic mass is 16.7. The van der Waals surface area contributed by atoms with Gasteiger partial charge in [0.1, 0.15) is 23.3 Å². The molecule has 0 aliphatic carbocycles.